The van der Waals surface area contributed by atoms with E-state index in [1.807, 2.05) is 13.8 Å². The maximum atomic E-state index is 12.5. The Hall–Kier alpha value is -1.88. The van der Waals surface area contributed by atoms with Gasteiger partial charge < -0.3 is 15.1 Å². The standard InChI is InChI=1S/C15H21NO4/c1-3-16(4-2)14(19)15(20,11-10-13(17)18)12-8-6-5-7-9-12/h5-9,20H,3-4,10-11H2,1-2H3,(H,17,18). The van der Waals surface area contributed by atoms with Gasteiger partial charge in [0.2, 0.25) is 0 Å². The van der Waals surface area contributed by atoms with Gasteiger partial charge in [0.05, 0.1) is 0 Å². The highest BCUT2D eigenvalue weighted by atomic mass is 16.4. The maximum absolute atomic E-state index is 12.5. The van der Waals surface area contributed by atoms with E-state index in [4.69, 9.17) is 5.11 Å². The number of carboxylic acids is 1. The zero-order chi connectivity index (χ0) is 15.2. The second kappa shape index (κ2) is 7.05. The molecule has 1 unspecified atom stereocenters. The monoisotopic (exact) mass is 279 g/mol. The molecule has 2 N–H and O–H groups in total. The van der Waals surface area contributed by atoms with Crippen molar-refractivity contribution < 1.29 is 19.8 Å². The molecule has 20 heavy (non-hydrogen) atoms. The SMILES string of the molecule is CCN(CC)C(=O)C(O)(CCC(=O)O)c1ccccc1. The number of hydrogen-bond donors (Lipinski definition) is 2. The van der Waals surface area contributed by atoms with E-state index in [1.54, 1.807) is 30.3 Å². The van der Waals surface area contributed by atoms with Gasteiger partial charge in [-0.2, -0.15) is 0 Å². The molecule has 0 aliphatic carbocycles. The van der Waals surface area contributed by atoms with E-state index >= 15 is 0 Å². The van der Waals surface area contributed by atoms with E-state index < -0.39 is 17.5 Å². The minimum Gasteiger partial charge on any atom is -0.481 e. The molecule has 5 nitrogen and oxygen atoms in total. The normalized spacial score (nSPS) is 13.6. The fraction of sp³-hybridized carbons (Fsp3) is 0.467. The van der Waals surface area contributed by atoms with Gasteiger partial charge >= 0.3 is 5.97 Å². The average Bonchev–Trinajstić information content (AvgIpc) is 2.46. The molecular weight excluding hydrogens is 258 g/mol. The molecular formula is C15H21NO4. The number of amides is 1. The van der Waals surface area contributed by atoms with Crippen molar-refractivity contribution in [3.63, 3.8) is 0 Å². The highest BCUT2D eigenvalue weighted by Gasteiger charge is 2.40. The second-order valence-corrected chi connectivity index (χ2v) is 4.60. The lowest BCUT2D eigenvalue weighted by atomic mass is 9.87. The van der Waals surface area contributed by atoms with Crippen molar-refractivity contribution in [2.75, 3.05) is 13.1 Å². The van der Waals surface area contributed by atoms with Crippen LogP contribution >= 0.6 is 0 Å². The molecule has 0 heterocycles. The summed E-state index contributed by atoms with van der Waals surface area (Å²) in [5.74, 6) is -1.48. The number of benzene rings is 1. The molecule has 0 saturated heterocycles. The van der Waals surface area contributed by atoms with Crippen LogP contribution in [0.1, 0.15) is 32.3 Å². The zero-order valence-corrected chi connectivity index (χ0v) is 11.9. The van der Waals surface area contributed by atoms with Crippen LogP contribution in [0.15, 0.2) is 30.3 Å². The predicted molar refractivity (Wildman–Crippen MR) is 75.1 cm³/mol. The first-order valence-electron chi connectivity index (χ1n) is 6.74. The Morgan fingerprint density at radius 1 is 1.15 bits per heavy atom. The largest absolute Gasteiger partial charge is 0.481 e. The highest BCUT2D eigenvalue weighted by Crippen LogP contribution is 2.29. The summed E-state index contributed by atoms with van der Waals surface area (Å²) in [6.07, 6.45) is -0.403. The molecule has 0 saturated carbocycles. The predicted octanol–water partition coefficient (Wildman–Crippen LogP) is 1.61. The Bertz CT molecular complexity index is 456. The number of aliphatic carboxylic acids is 1. The fourth-order valence-electron chi connectivity index (χ4n) is 2.15. The number of hydrogen-bond acceptors (Lipinski definition) is 3. The fourth-order valence-corrected chi connectivity index (χ4v) is 2.15. The molecule has 110 valence electrons. The Morgan fingerprint density at radius 3 is 2.15 bits per heavy atom. The number of rotatable bonds is 7. The summed E-state index contributed by atoms with van der Waals surface area (Å²) in [4.78, 5) is 24.8. The average molecular weight is 279 g/mol. The van der Waals surface area contributed by atoms with Crippen LogP contribution in [0, 0.1) is 0 Å². The van der Waals surface area contributed by atoms with E-state index in [9.17, 15) is 14.7 Å². The summed E-state index contributed by atoms with van der Waals surface area (Å²) in [6, 6.07) is 8.50. The van der Waals surface area contributed by atoms with E-state index in [1.165, 1.54) is 4.90 Å². The first-order valence-corrected chi connectivity index (χ1v) is 6.74. The van der Waals surface area contributed by atoms with Crippen molar-refractivity contribution in [2.45, 2.75) is 32.3 Å². The van der Waals surface area contributed by atoms with Gasteiger partial charge in [-0.15, -0.1) is 0 Å². The van der Waals surface area contributed by atoms with Crippen molar-refractivity contribution in [1.29, 1.82) is 0 Å². The third-order valence-corrected chi connectivity index (χ3v) is 3.36. The smallest absolute Gasteiger partial charge is 0.303 e. The van der Waals surface area contributed by atoms with Gasteiger partial charge in [0.1, 0.15) is 0 Å². The maximum Gasteiger partial charge on any atom is 0.303 e. The lowest BCUT2D eigenvalue weighted by Gasteiger charge is -2.32. The molecule has 1 amide bonds. The minimum absolute atomic E-state index is 0.137. The Labute approximate surface area is 118 Å². The van der Waals surface area contributed by atoms with E-state index in [2.05, 4.69) is 0 Å². The molecule has 0 aromatic heterocycles. The van der Waals surface area contributed by atoms with Gasteiger partial charge in [-0.1, -0.05) is 30.3 Å². The van der Waals surface area contributed by atoms with Gasteiger partial charge in [0.25, 0.3) is 5.91 Å². The molecule has 5 heteroatoms. The summed E-state index contributed by atoms with van der Waals surface area (Å²) in [5.41, 5.74) is -1.36. The van der Waals surface area contributed by atoms with Crippen LogP contribution in [0.4, 0.5) is 0 Å². The lowest BCUT2D eigenvalue weighted by Crippen LogP contribution is -2.47. The van der Waals surface area contributed by atoms with Gasteiger partial charge in [-0.05, 0) is 25.8 Å². The highest BCUT2D eigenvalue weighted by molar-refractivity contribution is 5.87. The van der Waals surface area contributed by atoms with Crippen LogP contribution in [0.2, 0.25) is 0 Å². The van der Waals surface area contributed by atoms with Crippen molar-refractivity contribution in [3.05, 3.63) is 35.9 Å². The van der Waals surface area contributed by atoms with E-state index in [0.29, 0.717) is 18.7 Å². The zero-order valence-electron chi connectivity index (χ0n) is 11.9. The summed E-state index contributed by atoms with van der Waals surface area (Å²) in [6.45, 7) is 4.59. The summed E-state index contributed by atoms with van der Waals surface area (Å²) >= 11 is 0. The Morgan fingerprint density at radius 2 is 1.70 bits per heavy atom. The number of aliphatic hydroxyl groups is 1. The molecule has 0 aliphatic heterocycles. The first-order chi connectivity index (χ1) is 9.45. The molecule has 0 aliphatic rings. The number of nitrogens with zero attached hydrogens (tertiary/aromatic N) is 1. The third kappa shape index (κ3) is 3.57. The topological polar surface area (TPSA) is 77.8 Å². The molecule has 0 spiro atoms. The van der Waals surface area contributed by atoms with Crippen LogP contribution < -0.4 is 0 Å². The van der Waals surface area contributed by atoms with Gasteiger partial charge in [-0.25, -0.2) is 0 Å². The molecule has 1 aromatic rings. The van der Waals surface area contributed by atoms with Crippen LogP contribution in [0.25, 0.3) is 0 Å². The number of likely N-dealkylation sites (N-methyl/N-ethyl adjacent to an activating group) is 1. The van der Waals surface area contributed by atoms with Crippen molar-refractivity contribution in [2.24, 2.45) is 0 Å². The third-order valence-electron chi connectivity index (χ3n) is 3.36. The lowest BCUT2D eigenvalue weighted by molar-refractivity contribution is -0.154. The van der Waals surface area contributed by atoms with Gasteiger partial charge in [0.15, 0.2) is 5.60 Å². The van der Waals surface area contributed by atoms with Gasteiger partial charge in [0, 0.05) is 19.5 Å². The van der Waals surface area contributed by atoms with Crippen molar-refractivity contribution in [3.8, 4) is 0 Å². The van der Waals surface area contributed by atoms with Crippen LogP contribution in [0.3, 0.4) is 0 Å². The number of carbonyl (C=O) groups is 2. The summed E-state index contributed by atoms with van der Waals surface area (Å²) < 4.78 is 0. The second-order valence-electron chi connectivity index (χ2n) is 4.60. The van der Waals surface area contributed by atoms with Crippen molar-refractivity contribution in [1.82, 2.24) is 4.90 Å². The molecule has 1 rings (SSSR count). The van der Waals surface area contributed by atoms with Crippen LogP contribution in [-0.4, -0.2) is 40.1 Å². The molecule has 0 radical (unpaired) electrons. The molecule has 1 atom stereocenters. The van der Waals surface area contributed by atoms with E-state index in [-0.39, 0.29) is 12.8 Å². The Balaban J connectivity index is 3.13. The van der Waals surface area contributed by atoms with Crippen LogP contribution in [0.5, 0.6) is 0 Å². The summed E-state index contributed by atoms with van der Waals surface area (Å²) in [7, 11) is 0. The first kappa shape index (κ1) is 16.2. The molecule has 0 bridgehead atoms. The number of carbonyl (C=O) groups excluding carboxylic acids is 1. The molecule has 1 aromatic carbocycles. The van der Waals surface area contributed by atoms with Crippen LogP contribution in [-0.2, 0) is 15.2 Å². The quantitative estimate of drug-likeness (QED) is 0.795. The minimum atomic E-state index is -1.79. The summed E-state index contributed by atoms with van der Waals surface area (Å²) in [5, 5.41) is 19.6. The Kier molecular flexibility index (Phi) is 5.70. The van der Waals surface area contributed by atoms with E-state index in [0.717, 1.165) is 0 Å². The van der Waals surface area contributed by atoms with Gasteiger partial charge in [-0.3, -0.25) is 9.59 Å². The molecule has 0 fully saturated rings. The number of carboxylic acid groups (broad SMARTS) is 1. The van der Waals surface area contributed by atoms with Crippen molar-refractivity contribution >= 4 is 11.9 Å².